The van der Waals surface area contributed by atoms with E-state index in [1.165, 1.54) is 5.56 Å². The zero-order valence-corrected chi connectivity index (χ0v) is 8.79. The van der Waals surface area contributed by atoms with E-state index in [2.05, 4.69) is 20.8 Å². The van der Waals surface area contributed by atoms with Gasteiger partial charge in [0.15, 0.2) is 0 Å². The number of rotatable bonds is 2. The molecule has 0 atom stereocenters. The van der Waals surface area contributed by atoms with Crippen molar-refractivity contribution >= 4 is 12.0 Å². The van der Waals surface area contributed by atoms with Gasteiger partial charge in [0.05, 0.1) is 6.21 Å². The fourth-order valence-corrected chi connectivity index (χ4v) is 1.22. The van der Waals surface area contributed by atoms with E-state index < -0.39 is 0 Å². The largest absolute Gasteiger partial charge is 0.305 e. The zero-order valence-electron chi connectivity index (χ0n) is 8.79. The van der Waals surface area contributed by atoms with E-state index >= 15 is 0 Å². The molecule has 0 radical (unpaired) electrons. The molecule has 74 valence electrons. The zero-order chi connectivity index (χ0) is 10.8. The van der Waals surface area contributed by atoms with E-state index in [0.29, 0.717) is 5.56 Å². The maximum atomic E-state index is 11.1. The van der Waals surface area contributed by atoms with Gasteiger partial charge in [0.25, 0.3) is 0 Å². The van der Waals surface area contributed by atoms with Crippen molar-refractivity contribution in [3.8, 4) is 0 Å². The molecule has 0 fully saturated rings. The predicted octanol–water partition coefficient (Wildman–Crippen LogP) is 2.82. The van der Waals surface area contributed by atoms with Gasteiger partial charge in [-0.25, -0.2) is 0 Å². The number of ketones is 1. The summed E-state index contributed by atoms with van der Waals surface area (Å²) in [6, 6.07) is 7.43. The molecule has 14 heavy (non-hydrogen) atoms. The predicted molar refractivity (Wildman–Crippen MR) is 58.3 cm³/mol. The van der Waals surface area contributed by atoms with E-state index in [4.69, 9.17) is 5.41 Å². The summed E-state index contributed by atoms with van der Waals surface area (Å²) in [4.78, 5) is 11.1. The van der Waals surface area contributed by atoms with Gasteiger partial charge in [-0.15, -0.1) is 0 Å². The topological polar surface area (TPSA) is 40.9 Å². The number of benzene rings is 1. The highest BCUT2D eigenvalue weighted by Crippen LogP contribution is 2.22. The second kappa shape index (κ2) is 3.74. The molecule has 0 aliphatic carbocycles. The normalized spacial score (nSPS) is 11.1. The molecule has 2 heteroatoms. The van der Waals surface area contributed by atoms with Gasteiger partial charge in [-0.2, -0.15) is 0 Å². The van der Waals surface area contributed by atoms with Crippen LogP contribution in [0.4, 0.5) is 0 Å². The van der Waals surface area contributed by atoms with Crippen LogP contribution in [0.3, 0.4) is 0 Å². The number of carbonyl (C=O) groups is 1. The summed E-state index contributed by atoms with van der Waals surface area (Å²) < 4.78 is 0. The molecule has 1 rings (SSSR count). The Morgan fingerprint density at radius 2 is 1.71 bits per heavy atom. The third kappa shape index (κ3) is 2.28. The summed E-state index contributed by atoms with van der Waals surface area (Å²) in [7, 11) is 0. The van der Waals surface area contributed by atoms with Crippen molar-refractivity contribution in [3.63, 3.8) is 0 Å². The Hall–Kier alpha value is -1.44. The van der Waals surface area contributed by atoms with Crippen LogP contribution in [0.5, 0.6) is 0 Å². The highest BCUT2D eigenvalue weighted by Gasteiger charge is 2.13. The van der Waals surface area contributed by atoms with E-state index in [9.17, 15) is 4.79 Å². The molecular weight excluding hydrogens is 174 g/mol. The SMILES string of the molecule is CC(C)(C)c1ccc(C(=O)C=N)cc1. The monoisotopic (exact) mass is 189 g/mol. The van der Waals surface area contributed by atoms with Crippen LogP contribution in [0.2, 0.25) is 0 Å². The minimum absolute atomic E-state index is 0.103. The quantitative estimate of drug-likeness (QED) is 0.564. The summed E-state index contributed by atoms with van der Waals surface area (Å²) in [5, 5.41) is 6.85. The molecule has 0 spiro atoms. The van der Waals surface area contributed by atoms with Crippen LogP contribution in [0, 0.1) is 5.41 Å². The van der Waals surface area contributed by atoms with Crippen molar-refractivity contribution in [1.29, 1.82) is 5.41 Å². The maximum absolute atomic E-state index is 11.1. The molecule has 0 unspecified atom stereocenters. The van der Waals surface area contributed by atoms with E-state index in [1.807, 2.05) is 12.1 Å². The molecule has 1 aromatic rings. The van der Waals surface area contributed by atoms with Crippen LogP contribution in [0.1, 0.15) is 36.7 Å². The molecule has 0 heterocycles. The molecule has 2 nitrogen and oxygen atoms in total. The van der Waals surface area contributed by atoms with Crippen molar-refractivity contribution in [2.45, 2.75) is 26.2 Å². The Kier molecular flexibility index (Phi) is 2.84. The second-order valence-electron chi connectivity index (χ2n) is 4.34. The fraction of sp³-hybridized carbons (Fsp3) is 0.333. The smallest absolute Gasteiger partial charge is 0.203 e. The second-order valence-corrected chi connectivity index (χ2v) is 4.34. The van der Waals surface area contributed by atoms with Gasteiger partial charge in [-0.1, -0.05) is 45.0 Å². The lowest BCUT2D eigenvalue weighted by Gasteiger charge is -2.18. The number of carbonyl (C=O) groups excluding carboxylic acids is 1. The average Bonchev–Trinajstić information content (AvgIpc) is 2.15. The molecule has 0 aliphatic rings. The van der Waals surface area contributed by atoms with Crippen molar-refractivity contribution in [3.05, 3.63) is 35.4 Å². The summed E-state index contributed by atoms with van der Waals surface area (Å²) in [6.07, 6.45) is 0.839. The molecular formula is C12H15NO. The van der Waals surface area contributed by atoms with Gasteiger partial charge < -0.3 is 5.41 Å². The lowest BCUT2D eigenvalue weighted by molar-refractivity contribution is 0.107. The molecule has 0 saturated heterocycles. The molecule has 0 aromatic heterocycles. The number of Topliss-reactive ketones (excluding diaryl/α,β-unsaturated/α-hetero) is 1. The van der Waals surface area contributed by atoms with Gasteiger partial charge in [0.1, 0.15) is 0 Å². The third-order valence-corrected chi connectivity index (χ3v) is 2.17. The van der Waals surface area contributed by atoms with Crippen molar-refractivity contribution in [2.75, 3.05) is 0 Å². The molecule has 0 amide bonds. The number of hydrogen-bond acceptors (Lipinski definition) is 2. The first-order chi connectivity index (χ1) is 6.45. The summed E-state index contributed by atoms with van der Waals surface area (Å²) in [5.74, 6) is -0.245. The number of hydrogen-bond donors (Lipinski definition) is 1. The van der Waals surface area contributed by atoms with Crippen LogP contribution in [-0.4, -0.2) is 12.0 Å². The first-order valence-corrected chi connectivity index (χ1v) is 4.60. The van der Waals surface area contributed by atoms with Crippen molar-refractivity contribution < 1.29 is 4.79 Å². The van der Waals surface area contributed by atoms with Gasteiger partial charge in [0.2, 0.25) is 5.78 Å². The Bertz CT molecular complexity index is 344. The van der Waals surface area contributed by atoms with Crippen molar-refractivity contribution in [2.24, 2.45) is 0 Å². The van der Waals surface area contributed by atoms with Crippen LogP contribution in [-0.2, 0) is 5.41 Å². The first-order valence-electron chi connectivity index (χ1n) is 4.60. The Labute approximate surface area is 84.5 Å². The van der Waals surface area contributed by atoms with Gasteiger partial charge in [-0.05, 0) is 11.0 Å². The van der Waals surface area contributed by atoms with Gasteiger partial charge >= 0.3 is 0 Å². The van der Waals surface area contributed by atoms with Crippen molar-refractivity contribution in [1.82, 2.24) is 0 Å². The summed E-state index contributed by atoms with van der Waals surface area (Å²) >= 11 is 0. The Morgan fingerprint density at radius 3 is 2.07 bits per heavy atom. The van der Waals surface area contributed by atoms with E-state index in [-0.39, 0.29) is 11.2 Å². The minimum atomic E-state index is -0.245. The lowest BCUT2D eigenvalue weighted by atomic mass is 9.86. The van der Waals surface area contributed by atoms with Gasteiger partial charge in [-0.3, -0.25) is 4.79 Å². The van der Waals surface area contributed by atoms with Crippen LogP contribution in [0.25, 0.3) is 0 Å². The van der Waals surface area contributed by atoms with Crippen LogP contribution < -0.4 is 0 Å². The standard InChI is InChI=1S/C12H15NO/c1-12(2,3)10-6-4-9(5-7-10)11(14)8-13/h4-8,13H,1-3H3. The number of nitrogens with one attached hydrogen (secondary N) is 1. The molecule has 1 N–H and O–H groups in total. The Morgan fingerprint density at radius 1 is 1.21 bits per heavy atom. The summed E-state index contributed by atoms with van der Waals surface area (Å²) in [5.41, 5.74) is 1.87. The minimum Gasteiger partial charge on any atom is -0.305 e. The van der Waals surface area contributed by atoms with E-state index in [1.54, 1.807) is 12.1 Å². The van der Waals surface area contributed by atoms with Crippen LogP contribution in [0.15, 0.2) is 24.3 Å². The Balaban J connectivity index is 3.00. The van der Waals surface area contributed by atoms with Crippen LogP contribution >= 0.6 is 0 Å². The maximum Gasteiger partial charge on any atom is 0.203 e. The fourth-order valence-electron chi connectivity index (χ4n) is 1.22. The average molecular weight is 189 g/mol. The molecule has 0 aliphatic heterocycles. The highest BCUT2D eigenvalue weighted by atomic mass is 16.1. The highest BCUT2D eigenvalue weighted by molar-refractivity contribution is 6.34. The van der Waals surface area contributed by atoms with E-state index in [0.717, 1.165) is 6.21 Å². The van der Waals surface area contributed by atoms with Gasteiger partial charge in [0, 0.05) is 5.56 Å². The summed E-state index contributed by atoms with van der Waals surface area (Å²) in [6.45, 7) is 6.38. The first kappa shape index (κ1) is 10.6. The molecule has 0 bridgehead atoms. The molecule has 0 saturated carbocycles. The third-order valence-electron chi connectivity index (χ3n) is 2.17. The lowest BCUT2D eigenvalue weighted by Crippen LogP contribution is -2.11. The molecule has 1 aromatic carbocycles.